The summed E-state index contributed by atoms with van der Waals surface area (Å²) < 4.78 is 10.9. The number of hydrogen-bond acceptors (Lipinski definition) is 7. The number of piperidine rings is 1. The Hall–Kier alpha value is -3.26. The van der Waals surface area contributed by atoms with Crippen LogP contribution >= 0.6 is 0 Å². The Balaban J connectivity index is 1.30. The van der Waals surface area contributed by atoms with Crippen LogP contribution in [0.1, 0.15) is 12.8 Å². The van der Waals surface area contributed by atoms with Crippen molar-refractivity contribution in [2.24, 2.45) is 5.92 Å². The molecule has 1 aromatic carbocycles. The van der Waals surface area contributed by atoms with Crippen LogP contribution in [0.25, 0.3) is 22.8 Å². The predicted octanol–water partition coefficient (Wildman–Crippen LogP) is 2.87. The Morgan fingerprint density at radius 2 is 1.74 bits per heavy atom. The van der Waals surface area contributed by atoms with Crippen molar-refractivity contribution in [1.29, 1.82) is 0 Å². The lowest BCUT2D eigenvalue weighted by molar-refractivity contribution is -0.140. The maximum Gasteiger partial charge on any atom is 0.261 e. The fourth-order valence-corrected chi connectivity index (χ4v) is 4.23. The van der Waals surface area contributed by atoms with Gasteiger partial charge in [-0.15, -0.1) is 0 Å². The lowest BCUT2D eigenvalue weighted by Crippen LogP contribution is -2.47. The zero-order chi connectivity index (χ0) is 21.0. The third-order valence-corrected chi connectivity index (χ3v) is 5.94. The monoisotopic (exact) mass is 419 g/mol. The first-order valence-corrected chi connectivity index (χ1v) is 10.8. The van der Waals surface area contributed by atoms with Crippen molar-refractivity contribution < 1.29 is 14.1 Å². The quantitative estimate of drug-likeness (QED) is 0.643. The molecule has 0 atom stereocenters. The number of hydrogen-bond donors (Lipinski definition) is 0. The average Bonchev–Trinajstić information content (AvgIpc) is 3.35. The van der Waals surface area contributed by atoms with Gasteiger partial charge in [-0.2, -0.15) is 4.98 Å². The van der Waals surface area contributed by atoms with E-state index in [4.69, 9.17) is 9.26 Å². The van der Waals surface area contributed by atoms with E-state index in [1.807, 2.05) is 47.4 Å². The molecule has 160 valence electrons. The summed E-state index contributed by atoms with van der Waals surface area (Å²) in [5.41, 5.74) is 1.72. The predicted molar refractivity (Wildman–Crippen MR) is 115 cm³/mol. The van der Waals surface area contributed by atoms with Gasteiger partial charge in [0.15, 0.2) is 0 Å². The molecule has 0 spiro atoms. The Bertz CT molecular complexity index is 1020. The highest BCUT2D eigenvalue weighted by Gasteiger charge is 2.31. The summed E-state index contributed by atoms with van der Waals surface area (Å²) in [7, 11) is 0. The van der Waals surface area contributed by atoms with Gasteiger partial charge in [-0.3, -0.25) is 4.79 Å². The maximum absolute atomic E-state index is 12.8. The second-order valence-corrected chi connectivity index (χ2v) is 7.86. The fraction of sp³-hybridized carbons (Fsp3) is 0.391. The van der Waals surface area contributed by atoms with Gasteiger partial charge in [-0.1, -0.05) is 35.5 Å². The highest BCUT2D eigenvalue weighted by atomic mass is 16.5. The Labute approximate surface area is 180 Å². The average molecular weight is 419 g/mol. The van der Waals surface area contributed by atoms with E-state index in [0.717, 1.165) is 42.9 Å². The van der Waals surface area contributed by atoms with Crippen molar-refractivity contribution in [2.75, 3.05) is 44.3 Å². The molecule has 31 heavy (non-hydrogen) atoms. The second-order valence-electron chi connectivity index (χ2n) is 7.86. The Kier molecular flexibility index (Phi) is 5.62. The van der Waals surface area contributed by atoms with Crippen LogP contribution in [-0.2, 0) is 9.53 Å². The van der Waals surface area contributed by atoms with E-state index in [0.29, 0.717) is 38.0 Å². The van der Waals surface area contributed by atoms with Gasteiger partial charge in [0.25, 0.3) is 5.89 Å². The molecule has 0 N–H and O–H groups in total. The molecule has 2 aliphatic rings. The Morgan fingerprint density at radius 1 is 0.968 bits per heavy atom. The van der Waals surface area contributed by atoms with Gasteiger partial charge in [0.05, 0.1) is 18.8 Å². The first kappa shape index (κ1) is 19.7. The third kappa shape index (κ3) is 4.16. The highest BCUT2D eigenvalue weighted by Crippen LogP contribution is 2.32. The molecule has 0 radical (unpaired) electrons. The SMILES string of the molecule is O=C(C1CCN(c2ncccc2-c2nc(-c3ccccc3)no2)CC1)N1CCOCC1. The van der Waals surface area contributed by atoms with Crippen LogP contribution in [0.4, 0.5) is 5.82 Å². The van der Waals surface area contributed by atoms with Gasteiger partial charge < -0.3 is 19.1 Å². The van der Waals surface area contributed by atoms with Crippen molar-refractivity contribution in [1.82, 2.24) is 20.0 Å². The number of carbonyl (C=O) groups excluding carboxylic acids is 1. The number of aromatic nitrogens is 3. The minimum Gasteiger partial charge on any atom is -0.378 e. The first-order chi connectivity index (χ1) is 15.3. The van der Waals surface area contributed by atoms with Gasteiger partial charge >= 0.3 is 0 Å². The molecule has 2 saturated heterocycles. The third-order valence-electron chi connectivity index (χ3n) is 5.94. The molecule has 8 heteroatoms. The van der Waals surface area contributed by atoms with Crippen molar-refractivity contribution >= 4 is 11.7 Å². The first-order valence-electron chi connectivity index (χ1n) is 10.8. The summed E-state index contributed by atoms with van der Waals surface area (Å²) in [5, 5.41) is 4.14. The number of benzene rings is 1. The molecule has 8 nitrogen and oxygen atoms in total. The van der Waals surface area contributed by atoms with E-state index in [1.165, 1.54) is 0 Å². The summed E-state index contributed by atoms with van der Waals surface area (Å²) in [4.78, 5) is 26.2. The minimum absolute atomic E-state index is 0.0644. The molecule has 0 saturated carbocycles. The van der Waals surface area contributed by atoms with Crippen molar-refractivity contribution in [3.63, 3.8) is 0 Å². The van der Waals surface area contributed by atoms with Crippen LogP contribution in [-0.4, -0.2) is 65.3 Å². The topological polar surface area (TPSA) is 84.6 Å². The van der Waals surface area contributed by atoms with E-state index in [1.54, 1.807) is 6.20 Å². The number of nitrogens with zero attached hydrogens (tertiary/aromatic N) is 5. The fourth-order valence-electron chi connectivity index (χ4n) is 4.23. The van der Waals surface area contributed by atoms with Crippen molar-refractivity contribution in [2.45, 2.75) is 12.8 Å². The molecule has 0 unspecified atom stereocenters. The van der Waals surface area contributed by atoms with Crippen LogP contribution < -0.4 is 4.90 Å². The van der Waals surface area contributed by atoms with Gasteiger partial charge in [-0.05, 0) is 25.0 Å². The molecular weight excluding hydrogens is 394 g/mol. The molecule has 2 aliphatic heterocycles. The second kappa shape index (κ2) is 8.85. The van der Waals surface area contributed by atoms with Crippen LogP contribution in [0, 0.1) is 5.92 Å². The van der Waals surface area contributed by atoms with E-state index in [2.05, 4.69) is 20.0 Å². The van der Waals surface area contributed by atoms with Crippen LogP contribution in [0.5, 0.6) is 0 Å². The molecule has 1 amide bonds. The molecule has 0 bridgehead atoms. The highest BCUT2D eigenvalue weighted by molar-refractivity contribution is 5.79. The van der Waals surface area contributed by atoms with Crippen molar-refractivity contribution in [3.05, 3.63) is 48.7 Å². The maximum atomic E-state index is 12.8. The number of pyridine rings is 1. The molecule has 5 rings (SSSR count). The van der Waals surface area contributed by atoms with Gasteiger partial charge in [0.2, 0.25) is 11.7 Å². The molecule has 2 aromatic heterocycles. The number of amides is 1. The smallest absolute Gasteiger partial charge is 0.261 e. The largest absolute Gasteiger partial charge is 0.378 e. The lowest BCUT2D eigenvalue weighted by atomic mass is 9.94. The van der Waals surface area contributed by atoms with E-state index in [-0.39, 0.29) is 11.8 Å². The van der Waals surface area contributed by atoms with Crippen LogP contribution in [0.2, 0.25) is 0 Å². The summed E-state index contributed by atoms with van der Waals surface area (Å²) in [6.07, 6.45) is 3.40. The molecular formula is C23H25N5O3. The van der Waals surface area contributed by atoms with Crippen LogP contribution in [0.15, 0.2) is 53.2 Å². The molecule has 0 aliphatic carbocycles. The lowest BCUT2D eigenvalue weighted by Gasteiger charge is -2.36. The van der Waals surface area contributed by atoms with E-state index < -0.39 is 0 Å². The molecule has 4 heterocycles. The van der Waals surface area contributed by atoms with Crippen LogP contribution in [0.3, 0.4) is 0 Å². The number of morpholine rings is 1. The Morgan fingerprint density at radius 3 is 2.52 bits per heavy atom. The molecule has 2 fully saturated rings. The van der Waals surface area contributed by atoms with Gasteiger partial charge in [-0.25, -0.2) is 4.98 Å². The summed E-state index contributed by atoms with van der Waals surface area (Å²) in [5.74, 6) is 2.15. The number of ether oxygens (including phenoxy) is 1. The number of rotatable bonds is 4. The van der Waals surface area contributed by atoms with Crippen molar-refractivity contribution in [3.8, 4) is 22.8 Å². The standard InChI is InChI=1S/C23H25N5O3/c29-23(28-13-15-30-16-14-28)18-8-11-27(12-9-18)21-19(7-4-10-24-21)22-25-20(26-31-22)17-5-2-1-3-6-17/h1-7,10,18H,8-9,11-16H2. The number of carbonyl (C=O) groups is 1. The molecule has 3 aromatic rings. The minimum atomic E-state index is 0.0644. The van der Waals surface area contributed by atoms with E-state index >= 15 is 0 Å². The number of anilines is 1. The summed E-state index contributed by atoms with van der Waals surface area (Å²) in [6, 6.07) is 13.6. The zero-order valence-electron chi connectivity index (χ0n) is 17.3. The van der Waals surface area contributed by atoms with E-state index in [9.17, 15) is 4.79 Å². The zero-order valence-corrected chi connectivity index (χ0v) is 17.3. The summed E-state index contributed by atoms with van der Waals surface area (Å²) in [6.45, 7) is 4.21. The van der Waals surface area contributed by atoms with Gasteiger partial charge in [0.1, 0.15) is 5.82 Å². The summed E-state index contributed by atoms with van der Waals surface area (Å²) >= 11 is 0. The van der Waals surface area contributed by atoms with Gasteiger partial charge in [0, 0.05) is 43.9 Å². The normalized spacial score (nSPS) is 17.7.